The summed E-state index contributed by atoms with van der Waals surface area (Å²) in [5.41, 5.74) is 0.752. The minimum Gasteiger partial charge on any atom is -0.371 e. The Balaban J connectivity index is 2.22. The Labute approximate surface area is 114 Å². The Kier molecular flexibility index (Phi) is 3.72. The molecule has 1 aromatic carbocycles. The molecule has 0 aliphatic rings. The molecule has 3 N–H and O–H groups in total. The normalized spacial score (nSPS) is 11.1. The maximum absolute atomic E-state index is 11.3. The maximum atomic E-state index is 11.3. The summed E-state index contributed by atoms with van der Waals surface area (Å²) >= 11 is 0. The SMILES string of the molecule is CNC(=O)c1cc(-c2ccc(OS(N)(=O)=O)cc2)on1. The average molecular weight is 297 g/mol. The Bertz CT molecular complexity index is 721. The molecule has 0 radical (unpaired) electrons. The molecule has 0 saturated carbocycles. The highest BCUT2D eigenvalue weighted by molar-refractivity contribution is 7.84. The number of nitrogens with two attached hydrogens (primary N) is 1. The lowest BCUT2D eigenvalue weighted by molar-refractivity contribution is 0.0954. The average Bonchev–Trinajstić information content (AvgIpc) is 2.86. The fraction of sp³-hybridized carbons (Fsp3) is 0.0909. The van der Waals surface area contributed by atoms with E-state index in [4.69, 9.17) is 9.66 Å². The molecule has 0 saturated heterocycles. The second-order valence-electron chi connectivity index (χ2n) is 3.76. The van der Waals surface area contributed by atoms with Crippen LogP contribution < -0.4 is 14.6 Å². The van der Waals surface area contributed by atoms with E-state index in [-0.39, 0.29) is 17.4 Å². The van der Waals surface area contributed by atoms with Crippen molar-refractivity contribution in [3.63, 3.8) is 0 Å². The number of rotatable bonds is 4. The number of hydrogen-bond donors (Lipinski definition) is 2. The smallest absolute Gasteiger partial charge is 0.371 e. The first-order valence-corrected chi connectivity index (χ1v) is 6.87. The van der Waals surface area contributed by atoms with Gasteiger partial charge in [-0.1, -0.05) is 5.16 Å². The van der Waals surface area contributed by atoms with Crippen molar-refractivity contribution in [2.45, 2.75) is 0 Å². The van der Waals surface area contributed by atoms with Crippen molar-refractivity contribution in [1.82, 2.24) is 10.5 Å². The molecule has 0 atom stereocenters. The van der Waals surface area contributed by atoms with Gasteiger partial charge in [-0.15, -0.1) is 0 Å². The van der Waals surface area contributed by atoms with Gasteiger partial charge in [0.2, 0.25) is 0 Å². The number of benzene rings is 1. The first-order valence-electron chi connectivity index (χ1n) is 5.40. The molecule has 8 nitrogen and oxygen atoms in total. The molecule has 0 fully saturated rings. The molecule has 2 rings (SSSR count). The van der Waals surface area contributed by atoms with Crippen LogP contribution in [0, 0.1) is 0 Å². The van der Waals surface area contributed by atoms with Crippen LogP contribution in [0.2, 0.25) is 0 Å². The summed E-state index contributed by atoms with van der Waals surface area (Å²) in [6, 6.07) is 7.38. The molecule has 106 valence electrons. The number of carbonyl (C=O) groups is 1. The highest BCUT2D eigenvalue weighted by Crippen LogP contribution is 2.23. The predicted molar refractivity (Wildman–Crippen MR) is 69.1 cm³/mol. The number of nitrogens with zero attached hydrogens (tertiary/aromatic N) is 1. The summed E-state index contributed by atoms with van der Waals surface area (Å²) in [6.45, 7) is 0. The summed E-state index contributed by atoms with van der Waals surface area (Å²) < 4.78 is 31.0. The van der Waals surface area contributed by atoms with Crippen LogP contribution in [-0.4, -0.2) is 26.5 Å². The third kappa shape index (κ3) is 3.33. The lowest BCUT2D eigenvalue weighted by Gasteiger charge is -2.02. The van der Waals surface area contributed by atoms with Crippen molar-refractivity contribution in [3.05, 3.63) is 36.0 Å². The quantitative estimate of drug-likeness (QED) is 0.835. The summed E-state index contributed by atoms with van der Waals surface area (Å²) in [5, 5.41) is 10.8. The van der Waals surface area contributed by atoms with E-state index in [1.54, 1.807) is 12.1 Å². The molecule has 9 heteroatoms. The topological polar surface area (TPSA) is 125 Å². The lowest BCUT2D eigenvalue weighted by Crippen LogP contribution is -2.18. The third-order valence-corrected chi connectivity index (χ3v) is 2.75. The van der Waals surface area contributed by atoms with E-state index in [9.17, 15) is 13.2 Å². The zero-order valence-electron chi connectivity index (χ0n) is 10.4. The van der Waals surface area contributed by atoms with Crippen LogP contribution in [0.3, 0.4) is 0 Å². The van der Waals surface area contributed by atoms with Gasteiger partial charge in [-0.05, 0) is 24.3 Å². The fourth-order valence-electron chi connectivity index (χ4n) is 1.46. The van der Waals surface area contributed by atoms with Crippen molar-refractivity contribution in [2.75, 3.05) is 7.05 Å². The summed E-state index contributed by atoms with van der Waals surface area (Å²) in [6.07, 6.45) is 0. The Morgan fingerprint density at radius 2 is 2.00 bits per heavy atom. The second-order valence-corrected chi connectivity index (χ2v) is 4.91. The Morgan fingerprint density at radius 3 is 2.55 bits per heavy atom. The fourth-order valence-corrected chi connectivity index (χ4v) is 1.83. The molecule has 0 aliphatic heterocycles. The van der Waals surface area contributed by atoms with Gasteiger partial charge in [-0.2, -0.15) is 13.6 Å². The van der Waals surface area contributed by atoms with Gasteiger partial charge in [-0.3, -0.25) is 4.79 Å². The number of nitrogens with one attached hydrogen (secondary N) is 1. The van der Waals surface area contributed by atoms with Gasteiger partial charge in [0.25, 0.3) is 5.91 Å². The summed E-state index contributed by atoms with van der Waals surface area (Å²) in [4.78, 5) is 11.3. The Hall–Kier alpha value is -2.39. The van der Waals surface area contributed by atoms with Crippen molar-refractivity contribution >= 4 is 16.2 Å². The van der Waals surface area contributed by atoms with Gasteiger partial charge < -0.3 is 14.0 Å². The Morgan fingerprint density at radius 1 is 1.35 bits per heavy atom. The van der Waals surface area contributed by atoms with Crippen molar-refractivity contribution in [3.8, 4) is 17.1 Å². The summed E-state index contributed by atoms with van der Waals surface area (Å²) in [7, 11) is -2.57. The first-order chi connectivity index (χ1) is 9.39. The highest BCUT2D eigenvalue weighted by Gasteiger charge is 2.12. The standard InChI is InChI=1S/C11H11N3O5S/c1-13-11(15)9-6-10(18-14-9)7-2-4-8(5-3-7)19-20(12,16)17/h2-6H,1H3,(H,13,15)(H2,12,16,17). The highest BCUT2D eigenvalue weighted by atomic mass is 32.2. The van der Waals surface area contributed by atoms with E-state index in [2.05, 4.69) is 14.7 Å². The summed E-state index contributed by atoms with van der Waals surface area (Å²) in [5.74, 6) is 0.0715. The van der Waals surface area contributed by atoms with Crippen LogP contribution in [0.25, 0.3) is 11.3 Å². The number of hydrogen-bond acceptors (Lipinski definition) is 6. The van der Waals surface area contributed by atoms with Crippen molar-refractivity contribution < 1.29 is 21.9 Å². The zero-order chi connectivity index (χ0) is 14.8. The number of aromatic nitrogens is 1. The maximum Gasteiger partial charge on any atom is 0.380 e. The van der Waals surface area contributed by atoms with Crippen molar-refractivity contribution in [1.29, 1.82) is 0 Å². The molecule has 20 heavy (non-hydrogen) atoms. The second kappa shape index (κ2) is 5.31. The van der Waals surface area contributed by atoms with Crippen LogP contribution in [0.15, 0.2) is 34.9 Å². The molecule has 2 aromatic rings. The van der Waals surface area contributed by atoms with Crippen LogP contribution in [0.4, 0.5) is 0 Å². The molecular weight excluding hydrogens is 286 g/mol. The first kappa shape index (κ1) is 14.0. The number of carbonyl (C=O) groups excluding carboxylic acids is 1. The van der Waals surface area contributed by atoms with Gasteiger partial charge in [0.15, 0.2) is 11.5 Å². The van der Waals surface area contributed by atoms with Gasteiger partial charge in [-0.25, -0.2) is 0 Å². The lowest BCUT2D eigenvalue weighted by atomic mass is 10.1. The minimum atomic E-state index is -4.05. The molecule has 1 aromatic heterocycles. The van der Waals surface area contributed by atoms with Gasteiger partial charge >= 0.3 is 10.3 Å². The van der Waals surface area contributed by atoms with E-state index in [0.29, 0.717) is 11.3 Å². The third-order valence-electron chi connectivity index (χ3n) is 2.32. The number of amides is 1. The van der Waals surface area contributed by atoms with Gasteiger partial charge in [0.05, 0.1) is 0 Å². The largest absolute Gasteiger partial charge is 0.380 e. The minimum absolute atomic E-state index is 0.0716. The van der Waals surface area contributed by atoms with Gasteiger partial charge in [0.1, 0.15) is 5.75 Å². The van der Waals surface area contributed by atoms with E-state index in [1.165, 1.54) is 25.2 Å². The van der Waals surface area contributed by atoms with Gasteiger partial charge in [0, 0.05) is 18.7 Å². The van der Waals surface area contributed by atoms with E-state index in [0.717, 1.165) is 0 Å². The van der Waals surface area contributed by atoms with E-state index >= 15 is 0 Å². The van der Waals surface area contributed by atoms with Crippen LogP contribution in [0.1, 0.15) is 10.5 Å². The predicted octanol–water partition coefficient (Wildman–Crippen LogP) is 0.283. The van der Waals surface area contributed by atoms with E-state index in [1.807, 2.05) is 0 Å². The van der Waals surface area contributed by atoms with Crippen molar-refractivity contribution in [2.24, 2.45) is 5.14 Å². The van der Waals surface area contributed by atoms with Crippen LogP contribution in [-0.2, 0) is 10.3 Å². The molecule has 0 aliphatic carbocycles. The monoisotopic (exact) mass is 297 g/mol. The molecular formula is C11H11N3O5S. The molecule has 1 heterocycles. The molecule has 0 bridgehead atoms. The van der Waals surface area contributed by atoms with Crippen LogP contribution >= 0.6 is 0 Å². The van der Waals surface area contributed by atoms with E-state index < -0.39 is 10.3 Å². The molecule has 0 unspecified atom stereocenters. The molecule has 1 amide bonds. The zero-order valence-corrected chi connectivity index (χ0v) is 11.2. The van der Waals surface area contributed by atoms with Crippen LogP contribution in [0.5, 0.6) is 5.75 Å². The molecule has 0 spiro atoms.